The van der Waals surface area contributed by atoms with Gasteiger partial charge in [-0.05, 0) is 30.7 Å². The second kappa shape index (κ2) is 7.40. The number of aryl methyl sites for hydroxylation is 1. The Labute approximate surface area is 141 Å². The summed E-state index contributed by atoms with van der Waals surface area (Å²) < 4.78 is 10.9. The number of methoxy groups -OCH3 is 1. The van der Waals surface area contributed by atoms with E-state index in [9.17, 15) is 4.79 Å². The molecule has 6 nitrogen and oxygen atoms in total. The van der Waals surface area contributed by atoms with Gasteiger partial charge in [0.15, 0.2) is 0 Å². The van der Waals surface area contributed by atoms with Crippen LogP contribution in [0.2, 0.25) is 0 Å². The zero-order valence-electron chi connectivity index (χ0n) is 13.9. The summed E-state index contributed by atoms with van der Waals surface area (Å²) in [5.74, 6) is 1.59. The van der Waals surface area contributed by atoms with Gasteiger partial charge in [-0.2, -0.15) is 0 Å². The van der Waals surface area contributed by atoms with E-state index in [1.54, 1.807) is 13.3 Å². The van der Waals surface area contributed by atoms with Crippen LogP contribution in [-0.2, 0) is 16.0 Å². The molecular weight excluding hydrogens is 306 g/mol. The van der Waals surface area contributed by atoms with Crippen molar-refractivity contribution in [3.8, 4) is 5.75 Å². The minimum atomic E-state index is -0.194. The van der Waals surface area contributed by atoms with Crippen LogP contribution in [0.1, 0.15) is 23.2 Å². The lowest BCUT2D eigenvalue weighted by Crippen LogP contribution is -2.43. The summed E-state index contributed by atoms with van der Waals surface area (Å²) in [6.07, 6.45) is 1.90. The van der Waals surface area contributed by atoms with Crippen molar-refractivity contribution in [1.29, 1.82) is 0 Å². The Kier molecular flexibility index (Phi) is 5.05. The van der Waals surface area contributed by atoms with Crippen molar-refractivity contribution in [2.45, 2.75) is 19.4 Å². The molecule has 0 spiro atoms. The predicted molar refractivity (Wildman–Crippen MR) is 88.7 cm³/mol. The van der Waals surface area contributed by atoms with Gasteiger partial charge in [-0.25, -0.2) is 9.97 Å². The van der Waals surface area contributed by atoms with Crippen LogP contribution < -0.4 is 4.74 Å². The highest BCUT2D eigenvalue weighted by Gasteiger charge is 2.26. The lowest BCUT2D eigenvalue weighted by Gasteiger charge is -2.32. The van der Waals surface area contributed by atoms with E-state index in [0.29, 0.717) is 31.9 Å². The van der Waals surface area contributed by atoms with Crippen LogP contribution in [0.4, 0.5) is 0 Å². The molecule has 0 unspecified atom stereocenters. The summed E-state index contributed by atoms with van der Waals surface area (Å²) in [7, 11) is 1.63. The number of benzene rings is 1. The van der Waals surface area contributed by atoms with Gasteiger partial charge in [0, 0.05) is 12.7 Å². The van der Waals surface area contributed by atoms with Crippen LogP contribution in [-0.4, -0.2) is 47.6 Å². The minimum absolute atomic E-state index is 0.0965. The van der Waals surface area contributed by atoms with Gasteiger partial charge in [-0.15, -0.1) is 0 Å². The van der Waals surface area contributed by atoms with Crippen molar-refractivity contribution in [2.24, 2.45) is 0 Å². The number of rotatable bonds is 4. The Morgan fingerprint density at radius 3 is 2.83 bits per heavy atom. The molecule has 1 saturated heterocycles. The SMILES string of the molecule is COc1ccc(CC(=O)N2CCO[C@H](c3ccnc(C)n3)C2)cc1. The van der Waals surface area contributed by atoms with Crippen LogP contribution in [0.15, 0.2) is 36.5 Å². The van der Waals surface area contributed by atoms with Gasteiger partial charge in [0.2, 0.25) is 5.91 Å². The lowest BCUT2D eigenvalue weighted by atomic mass is 10.1. The highest BCUT2D eigenvalue weighted by atomic mass is 16.5. The monoisotopic (exact) mass is 327 g/mol. The third-order valence-corrected chi connectivity index (χ3v) is 4.06. The van der Waals surface area contributed by atoms with E-state index in [1.165, 1.54) is 0 Å². The first-order chi connectivity index (χ1) is 11.7. The molecule has 0 saturated carbocycles. The van der Waals surface area contributed by atoms with E-state index in [-0.39, 0.29) is 12.0 Å². The number of amides is 1. The van der Waals surface area contributed by atoms with Crippen LogP contribution in [0, 0.1) is 6.92 Å². The second-order valence-corrected chi connectivity index (χ2v) is 5.75. The molecule has 3 rings (SSSR count). The number of hydrogen-bond donors (Lipinski definition) is 0. The number of hydrogen-bond acceptors (Lipinski definition) is 5. The van der Waals surface area contributed by atoms with Crippen LogP contribution in [0.25, 0.3) is 0 Å². The van der Waals surface area contributed by atoms with Gasteiger partial charge < -0.3 is 14.4 Å². The first kappa shape index (κ1) is 16.4. The average Bonchev–Trinajstić information content (AvgIpc) is 2.62. The fourth-order valence-corrected chi connectivity index (χ4v) is 2.74. The maximum Gasteiger partial charge on any atom is 0.227 e. The van der Waals surface area contributed by atoms with Crippen molar-refractivity contribution < 1.29 is 14.3 Å². The number of morpholine rings is 1. The fraction of sp³-hybridized carbons (Fsp3) is 0.389. The Morgan fingerprint density at radius 1 is 1.33 bits per heavy atom. The molecule has 1 aliphatic rings. The molecule has 2 aromatic rings. The van der Waals surface area contributed by atoms with Crippen molar-refractivity contribution in [1.82, 2.24) is 14.9 Å². The standard InChI is InChI=1S/C18H21N3O3/c1-13-19-8-7-16(20-13)17-12-21(9-10-24-17)18(22)11-14-3-5-15(23-2)6-4-14/h3-8,17H,9-12H2,1-2H3/t17-/m0/s1. The maximum atomic E-state index is 12.6. The molecule has 0 radical (unpaired) electrons. The molecular formula is C18H21N3O3. The van der Waals surface area contributed by atoms with Gasteiger partial charge >= 0.3 is 0 Å². The molecule has 1 aliphatic heterocycles. The first-order valence-electron chi connectivity index (χ1n) is 7.97. The zero-order chi connectivity index (χ0) is 16.9. The highest BCUT2D eigenvalue weighted by Crippen LogP contribution is 2.21. The molecule has 1 fully saturated rings. The van der Waals surface area contributed by atoms with E-state index in [4.69, 9.17) is 9.47 Å². The van der Waals surface area contributed by atoms with Gasteiger partial charge in [0.05, 0.1) is 32.4 Å². The highest BCUT2D eigenvalue weighted by molar-refractivity contribution is 5.79. The predicted octanol–water partition coefficient (Wildman–Crippen LogP) is 1.94. The van der Waals surface area contributed by atoms with Gasteiger partial charge in [0.1, 0.15) is 17.7 Å². The maximum absolute atomic E-state index is 12.6. The zero-order valence-corrected chi connectivity index (χ0v) is 13.9. The van der Waals surface area contributed by atoms with E-state index in [1.807, 2.05) is 42.2 Å². The Morgan fingerprint density at radius 2 is 2.12 bits per heavy atom. The van der Waals surface area contributed by atoms with E-state index < -0.39 is 0 Å². The summed E-state index contributed by atoms with van der Waals surface area (Å²) in [6, 6.07) is 9.42. The van der Waals surface area contributed by atoms with Gasteiger partial charge in [-0.3, -0.25) is 4.79 Å². The van der Waals surface area contributed by atoms with Crippen LogP contribution >= 0.6 is 0 Å². The third kappa shape index (κ3) is 3.89. The Hall–Kier alpha value is -2.47. The third-order valence-electron chi connectivity index (χ3n) is 4.06. The molecule has 1 atom stereocenters. The van der Waals surface area contributed by atoms with Gasteiger partial charge in [-0.1, -0.05) is 12.1 Å². The Balaban J connectivity index is 1.64. The fourth-order valence-electron chi connectivity index (χ4n) is 2.74. The van der Waals surface area contributed by atoms with Crippen molar-refractivity contribution in [3.05, 3.63) is 53.6 Å². The molecule has 24 heavy (non-hydrogen) atoms. The molecule has 1 aromatic carbocycles. The first-order valence-corrected chi connectivity index (χ1v) is 7.97. The summed E-state index contributed by atoms with van der Waals surface area (Å²) in [5, 5.41) is 0. The number of ether oxygens (including phenoxy) is 2. The molecule has 126 valence electrons. The number of carbonyl (C=O) groups excluding carboxylic acids is 1. The summed E-state index contributed by atoms with van der Waals surface area (Å²) >= 11 is 0. The topological polar surface area (TPSA) is 64.5 Å². The largest absolute Gasteiger partial charge is 0.497 e. The number of carbonyl (C=O) groups is 1. The summed E-state index contributed by atoms with van der Waals surface area (Å²) in [5.41, 5.74) is 1.80. The van der Waals surface area contributed by atoms with E-state index in [2.05, 4.69) is 9.97 Å². The van der Waals surface area contributed by atoms with E-state index in [0.717, 1.165) is 17.0 Å². The molecule has 0 N–H and O–H groups in total. The Bertz CT molecular complexity index is 703. The van der Waals surface area contributed by atoms with Gasteiger partial charge in [0.25, 0.3) is 0 Å². The van der Waals surface area contributed by atoms with Crippen molar-refractivity contribution in [2.75, 3.05) is 26.8 Å². The van der Waals surface area contributed by atoms with E-state index >= 15 is 0 Å². The minimum Gasteiger partial charge on any atom is -0.497 e. The van der Waals surface area contributed by atoms with Crippen molar-refractivity contribution >= 4 is 5.91 Å². The normalized spacial score (nSPS) is 17.6. The van der Waals surface area contributed by atoms with Crippen LogP contribution in [0.3, 0.4) is 0 Å². The second-order valence-electron chi connectivity index (χ2n) is 5.75. The number of aromatic nitrogens is 2. The molecule has 0 aliphatic carbocycles. The van der Waals surface area contributed by atoms with Crippen molar-refractivity contribution in [3.63, 3.8) is 0 Å². The summed E-state index contributed by atoms with van der Waals surface area (Å²) in [4.78, 5) is 22.9. The smallest absolute Gasteiger partial charge is 0.227 e. The average molecular weight is 327 g/mol. The summed E-state index contributed by atoms with van der Waals surface area (Å²) in [6.45, 7) is 3.49. The number of nitrogens with zero attached hydrogens (tertiary/aromatic N) is 3. The molecule has 0 bridgehead atoms. The molecule has 6 heteroatoms. The van der Waals surface area contributed by atoms with Crippen LogP contribution in [0.5, 0.6) is 5.75 Å². The lowest BCUT2D eigenvalue weighted by molar-refractivity contribution is -0.138. The molecule has 1 amide bonds. The molecule has 2 heterocycles. The molecule has 1 aromatic heterocycles. The quantitative estimate of drug-likeness (QED) is 0.858.